The maximum absolute atomic E-state index is 16.6. The van der Waals surface area contributed by atoms with Crippen molar-refractivity contribution in [2.45, 2.75) is 130 Å². The summed E-state index contributed by atoms with van der Waals surface area (Å²) < 4.78 is 81.5. The standard InChI is InChI=1S/C90H90N2O28/c1-18-20-46(21-19-22-68(94)119-89(4,5)6)27-44(2)77(95)61-41-65(116-57-34-49(82(100)109-12)29-50(35-57)83(101)110-13)72-74-67(118-59-38-53(86(104)113-16)31-54(39-59)87(105)114-17)43-63-70-62(78(96)92(79(63)97)55-23-25-91(26-24-55)88(106)120-90(7,8)9)42-66(117-58-36-51(84(102)111-14)30-52(37-58)85(103)112-15)73(76(70)74)71-64(40-60(45(3)93)69(61)75(71)72)115-56-32-47(80(98)107-10)28-48(33-56)81(99)108-11/h28-43,46,55,79,97H,2,18-27H2,1,3-17H3. The first-order chi connectivity index (χ1) is 56.9. The topological polar surface area (TPSA) is 378 Å². The molecular weight excluding hydrogens is 1560 g/mol. The van der Waals surface area contributed by atoms with E-state index >= 15 is 14.4 Å². The number of methoxy groups -OCH3 is 8. The number of carbonyl (C=O) groups excluding carboxylic acids is 13. The lowest BCUT2D eigenvalue weighted by Gasteiger charge is -2.43. The molecule has 0 bridgehead atoms. The van der Waals surface area contributed by atoms with Gasteiger partial charge in [-0.3, -0.25) is 19.2 Å². The molecule has 9 aromatic carbocycles. The molecule has 628 valence electrons. The van der Waals surface area contributed by atoms with Crippen molar-refractivity contribution in [2.75, 3.05) is 70.0 Å². The van der Waals surface area contributed by atoms with Crippen molar-refractivity contribution < 1.29 is 134 Å². The van der Waals surface area contributed by atoms with E-state index in [1.165, 1.54) is 102 Å². The summed E-state index contributed by atoms with van der Waals surface area (Å²) in [5.41, 5.74) is -4.87. The van der Waals surface area contributed by atoms with Crippen LogP contribution in [0.15, 0.2) is 109 Å². The number of hydrogen-bond donors (Lipinski definition) is 1. The SMILES string of the molecule is C=C(CC(CCC)CCCC(=O)OC(C)(C)C)C(=O)c1cc(Oc2cc(C(=O)OC)cc(C(=O)OC)c2)c2c3c(Oc4cc(C(=O)OC)cc(C(=O)OC)c4)cc4c5c(cc(Oc6cc(C(=O)OC)cc(C(=O)OC)c6)c(c6c(Oc7cc(C(=O)OC)cc(C(=O)OC)c7)cc(C(C)=O)c1c62)c53)C(=O)N(C1CCN(C(=O)OC(C)(C)C)CC1)C4O. The Balaban J connectivity index is 1.40. The minimum absolute atomic E-state index is 0.0110. The maximum atomic E-state index is 16.6. The number of hydrogen-bond acceptors (Lipinski definition) is 28. The number of nitrogens with zero attached hydrogens (tertiary/aromatic N) is 2. The van der Waals surface area contributed by atoms with Crippen molar-refractivity contribution >= 4 is 120 Å². The van der Waals surface area contributed by atoms with E-state index in [0.717, 1.165) is 69.0 Å². The van der Waals surface area contributed by atoms with Crippen LogP contribution in [0.4, 0.5) is 4.79 Å². The molecule has 11 rings (SSSR count). The largest absolute Gasteiger partial charge is 0.465 e. The maximum Gasteiger partial charge on any atom is 0.410 e. The molecule has 2 aliphatic heterocycles. The number of aliphatic hydroxyl groups excluding tert-OH is 1. The number of likely N-dealkylation sites (tertiary alicyclic amines) is 1. The van der Waals surface area contributed by atoms with Crippen LogP contribution in [0.2, 0.25) is 0 Å². The molecule has 9 aromatic rings. The lowest BCUT2D eigenvalue weighted by molar-refractivity contribution is -0.155. The number of amides is 2. The summed E-state index contributed by atoms with van der Waals surface area (Å²) in [5.74, 6) is -13.9. The molecule has 0 aromatic heterocycles. The van der Waals surface area contributed by atoms with Gasteiger partial charge in [0.1, 0.15) is 57.2 Å². The van der Waals surface area contributed by atoms with E-state index in [2.05, 4.69) is 6.58 Å². The summed E-state index contributed by atoms with van der Waals surface area (Å²) in [6.07, 6.45) is -0.620. The molecule has 2 heterocycles. The molecule has 1 saturated heterocycles. The van der Waals surface area contributed by atoms with Crippen molar-refractivity contribution in [1.29, 1.82) is 0 Å². The number of ketones is 2. The molecule has 0 saturated carbocycles. The summed E-state index contributed by atoms with van der Waals surface area (Å²) in [7, 11) is 8.69. The number of benzene rings is 9. The van der Waals surface area contributed by atoms with E-state index in [0.29, 0.717) is 25.7 Å². The Hall–Kier alpha value is -13.5. The predicted octanol–water partition coefficient (Wildman–Crippen LogP) is 16.3. The molecule has 2 aliphatic rings. The highest BCUT2D eigenvalue weighted by atomic mass is 16.6. The van der Waals surface area contributed by atoms with Crippen LogP contribution in [0, 0.1) is 5.92 Å². The second-order valence-electron chi connectivity index (χ2n) is 30.7. The van der Waals surface area contributed by atoms with Gasteiger partial charge in [0.05, 0.1) is 107 Å². The van der Waals surface area contributed by atoms with Crippen molar-refractivity contribution in [3.05, 3.63) is 176 Å². The number of aliphatic hydroxyl groups is 1. The summed E-state index contributed by atoms with van der Waals surface area (Å²) >= 11 is 0. The van der Waals surface area contributed by atoms with Crippen molar-refractivity contribution in [1.82, 2.24) is 9.80 Å². The van der Waals surface area contributed by atoms with Crippen LogP contribution in [0.5, 0.6) is 46.0 Å². The Morgan fingerprint density at radius 2 is 0.783 bits per heavy atom. The van der Waals surface area contributed by atoms with E-state index in [-0.39, 0.29) is 189 Å². The van der Waals surface area contributed by atoms with Crippen molar-refractivity contribution in [2.24, 2.45) is 5.92 Å². The molecule has 1 fully saturated rings. The number of piperidine rings is 1. The lowest BCUT2D eigenvalue weighted by atomic mass is 9.79. The number of fused-ring (bicyclic) bond motifs is 2. The third kappa shape index (κ3) is 18.3. The van der Waals surface area contributed by atoms with Crippen LogP contribution >= 0.6 is 0 Å². The molecule has 2 amide bonds. The highest BCUT2D eigenvalue weighted by Gasteiger charge is 2.44. The second-order valence-corrected chi connectivity index (χ2v) is 30.7. The van der Waals surface area contributed by atoms with Crippen molar-refractivity contribution in [3.63, 3.8) is 0 Å². The predicted molar refractivity (Wildman–Crippen MR) is 433 cm³/mol. The number of rotatable bonds is 28. The minimum Gasteiger partial charge on any atom is -0.465 e. The van der Waals surface area contributed by atoms with Gasteiger partial charge in [0.15, 0.2) is 17.8 Å². The lowest BCUT2D eigenvalue weighted by Crippen LogP contribution is -2.51. The minimum atomic E-state index is -1.99. The number of Topliss-reactive ketones (excluding diaryl/α,β-unsaturated/α-hetero) is 2. The number of ether oxygens (including phenoxy) is 14. The Bertz CT molecular complexity index is 5580. The number of esters is 9. The third-order valence-electron chi connectivity index (χ3n) is 20.2. The Morgan fingerprint density at radius 1 is 0.442 bits per heavy atom. The van der Waals surface area contributed by atoms with Gasteiger partial charge in [0, 0.05) is 85.3 Å². The Kier molecular flexibility index (Phi) is 26.0. The first kappa shape index (κ1) is 87.3. The Morgan fingerprint density at radius 3 is 1.12 bits per heavy atom. The van der Waals surface area contributed by atoms with Gasteiger partial charge in [-0.15, -0.1) is 0 Å². The average Bonchev–Trinajstić information content (AvgIpc) is 0.673. The van der Waals surface area contributed by atoms with Gasteiger partial charge in [0.2, 0.25) is 0 Å². The molecule has 0 aliphatic carbocycles. The summed E-state index contributed by atoms with van der Waals surface area (Å²) in [5, 5.41) is 12.1. The van der Waals surface area contributed by atoms with Gasteiger partial charge in [-0.1, -0.05) is 26.3 Å². The first-order valence-corrected chi connectivity index (χ1v) is 38.2. The fourth-order valence-corrected chi connectivity index (χ4v) is 15.1. The van der Waals surface area contributed by atoms with Gasteiger partial charge in [-0.25, -0.2) is 43.2 Å². The summed E-state index contributed by atoms with van der Waals surface area (Å²) in [6.45, 7) is 17.9. The molecule has 1 N–H and O–H groups in total. The monoisotopic (exact) mass is 1650 g/mol. The van der Waals surface area contributed by atoms with E-state index in [1.54, 1.807) is 41.5 Å². The molecule has 2 atom stereocenters. The zero-order valence-corrected chi connectivity index (χ0v) is 69.1. The summed E-state index contributed by atoms with van der Waals surface area (Å²) in [6, 6.07) is 18.6. The molecule has 30 nitrogen and oxygen atoms in total. The average molecular weight is 1650 g/mol. The Labute approximate surface area is 688 Å². The number of carbonyl (C=O) groups is 13. The number of allylic oxidation sites excluding steroid dienone is 1. The van der Waals surface area contributed by atoms with Gasteiger partial charge >= 0.3 is 59.8 Å². The van der Waals surface area contributed by atoms with Crippen LogP contribution in [0.3, 0.4) is 0 Å². The van der Waals surface area contributed by atoms with Crippen molar-refractivity contribution in [3.8, 4) is 46.0 Å². The molecular formula is C90H90N2O28. The van der Waals surface area contributed by atoms with Crippen LogP contribution in [-0.4, -0.2) is 179 Å². The molecule has 120 heavy (non-hydrogen) atoms. The van der Waals surface area contributed by atoms with E-state index in [9.17, 15) is 53.1 Å². The highest BCUT2D eigenvalue weighted by Crippen LogP contribution is 2.59. The normalized spacial score (nSPS) is 13.7. The fourth-order valence-electron chi connectivity index (χ4n) is 15.1. The van der Waals surface area contributed by atoms with Gasteiger partial charge in [-0.05, 0) is 189 Å². The van der Waals surface area contributed by atoms with E-state index < -0.39 is 118 Å². The quantitative estimate of drug-likeness (QED) is 0.0119. The molecule has 2 unspecified atom stereocenters. The van der Waals surface area contributed by atoms with Crippen LogP contribution in [0.25, 0.3) is 43.1 Å². The molecule has 0 spiro atoms. The first-order valence-electron chi connectivity index (χ1n) is 38.2. The highest BCUT2D eigenvalue weighted by molar-refractivity contribution is 6.42. The van der Waals surface area contributed by atoms with Gasteiger partial charge < -0.3 is 81.2 Å². The van der Waals surface area contributed by atoms with E-state index in [1.807, 2.05) is 6.92 Å². The molecule has 0 radical (unpaired) electrons. The van der Waals surface area contributed by atoms with Crippen LogP contribution in [0.1, 0.15) is 232 Å². The molecule has 30 heteroatoms. The second kappa shape index (κ2) is 35.8. The van der Waals surface area contributed by atoms with Crippen LogP contribution in [-0.2, 0) is 52.2 Å². The third-order valence-corrected chi connectivity index (χ3v) is 20.2. The zero-order chi connectivity index (χ0) is 87.4. The van der Waals surface area contributed by atoms with Gasteiger partial charge in [-0.2, -0.15) is 0 Å². The smallest absolute Gasteiger partial charge is 0.410 e. The fraction of sp³-hybridized carbons (Fsp3) is 0.344. The van der Waals surface area contributed by atoms with Gasteiger partial charge in [0.25, 0.3) is 5.91 Å². The summed E-state index contributed by atoms with van der Waals surface area (Å²) in [4.78, 5) is 189. The van der Waals surface area contributed by atoms with E-state index in [4.69, 9.17) is 66.3 Å². The van der Waals surface area contributed by atoms with Crippen LogP contribution < -0.4 is 18.9 Å². The zero-order valence-electron chi connectivity index (χ0n) is 69.1.